The lowest BCUT2D eigenvalue weighted by Gasteiger charge is -2.22. The molecule has 0 radical (unpaired) electrons. The lowest BCUT2D eigenvalue weighted by Crippen LogP contribution is -2.11. The number of hydrogen-bond donors (Lipinski definition) is 2. The monoisotopic (exact) mass is 558 g/mol. The van der Waals surface area contributed by atoms with Crippen molar-refractivity contribution in [2.75, 3.05) is 11.9 Å². The molecule has 4 aromatic carbocycles. The van der Waals surface area contributed by atoms with E-state index in [1.807, 2.05) is 25.1 Å². The largest absolute Gasteiger partial charge is 0.491 e. The Morgan fingerprint density at radius 3 is 2.38 bits per heavy atom. The van der Waals surface area contributed by atoms with Crippen LogP contribution in [0.25, 0.3) is 16.5 Å². The molecule has 0 aliphatic carbocycles. The van der Waals surface area contributed by atoms with E-state index in [2.05, 4.69) is 95.8 Å². The molecule has 6 nitrogen and oxygen atoms in total. The molecule has 0 saturated carbocycles. The molecule has 0 aliphatic heterocycles. The molecule has 0 aliphatic rings. The molecule has 42 heavy (non-hydrogen) atoms. The summed E-state index contributed by atoms with van der Waals surface area (Å²) in [4.78, 5) is 23.7. The number of amides is 1. The summed E-state index contributed by atoms with van der Waals surface area (Å²) in [6, 6.07) is 34.8. The quantitative estimate of drug-likeness (QED) is 0.128. The number of nitrogens with zero attached hydrogens (tertiary/aromatic N) is 1. The number of aromatic nitrogens is 1. The van der Waals surface area contributed by atoms with Gasteiger partial charge in [-0.05, 0) is 72.9 Å². The SMILES string of the molecule is C/C(=C\C(=O)Nc1ccccc1OCCCC(=O)O)c1ccc2c(ccn2C(c2ccccc2)c2ccc(C)cc2)c1. The number of para-hydroxylation sites is 2. The fourth-order valence-corrected chi connectivity index (χ4v) is 5.08. The van der Waals surface area contributed by atoms with E-state index in [4.69, 9.17) is 9.84 Å². The zero-order valence-corrected chi connectivity index (χ0v) is 23.8. The summed E-state index contributed by atoms with van der Waals surface area (Å²) in [7, 11) is 0. The highest BCUT2D eigenvalue weighted by Crippen LogP contribution is 2.32. The Labute approximate surface area is 245 Å². The smallest absolute Gasteiger partial charge is 0.303 e. The van der Waals surface area contributed by atoms with E-state index in [0.717, 1.165) is 22.0 Å². The van der Waals surface area contributed by atoms with E-state index in [-0.39, 0.29) is 25.0 Å². The minimum absolute atomic E-state index is 0.0308. The van der Waals surface area contributed by atoms with Crippen LogP contribution in [0.1, 0.15) is 48.1 Å². The number of allylic oxidation sites excluding steroid dienone is 1. The maximum Gasteiger partial charge on any atom is 0.303 e. The number of rotatable bonds is 11. The van der Waals surface area contributed by atoms with Crippen LogP contribution >= 0.6 is 0 Å². The van der Waals surface area contributed by atoms with Crippen molar-refractivity contribution in [1.29, 1.82) is 0 Å². The molecule has 0 saturated heterocycles. The molecule has 212 valence electrons. The number of carbonyl (C=O) groups is 2. The van der Waals surface area contributed by atoms with Crippen molar-refractivity contribution in [3.05, 3.63) is 138 Å². The molecule has 1 atom stereocenters. The first-order valence-electron chi connectivity index (χ1n) is 14.0. The summed E-state index contributed by atoms with van der Waals surface area (Å²) in [5, 5.41) is 12.8. The van der Waals surface area contributed by atoms with Crippen LogP contribution in [0.2, 0.25) is 0 Å². The lowest BCUT2D eigenvalue weighted by atomic mass is 9.97. The Kier molecular flexibility index (Phi) is 8.83. The second-order valence-electron chi connectivity index (χ2n) is 10.4. The molecule has 0 spiro atoms. The lowest BCUT2D eigenvalue weighted by molar-refractivity contribution is -0.137. The number of carboxylic acid groups (broad SMARTS) is 1. The van der Waals surface area contributed by atoms with Crippen molar-refractivity contribution >= 4 is 34.0 Å². The topological polar surface area (TPSA) is 80.6 Å². The number of aliphatic carboxylic acids is 1. The van der Waals surface area contributed by atoms with Gasteiger partial charge >= 0.3 is 5.97 Å². The molecule has 0 fully saturated rings. The summed E-state index contributed by atoms with van der Waals surface area (Å²) in [5.41, 5.74) is 7.09. The van der Waals surface area contributed by atoms with Crippen LogP contribution in [0.15, 0.2) is 115 Å². The second kappa shape index (κ2) is 13.0. The fraction of sp³-hybridized carbons (Fsp3) is 0.167. The van der Waals surface area contributed by atoms with E-state index in [1.54, 1.807) is 18.2 Å². The molecule has 5 aromatic rings. The normalized spacial score (nSPS) is 12.2. The zero-order chi connectivity index (χ0) is 29.5. The number of aryl methyl sites for hydroxylation is 1. The Morgan fingerprint density at radius 1 is 0.905 bits per heavy atom. The van der Waals surface area contributed by atoms with Gasteiger partial charge in [0.15, 0.2) is 0 Å². The van der Waals surface area contributed by atoms with E-state index in [0.29, 0.717) is 17.9 Å². The Bertz CT molecular complexity index is 1720. The highest BCUT2D eigenvalue weighted by atomic mass is 16.5. The molecule has 1 aromatic heterocycles. The highest BCUT2D eigenvalue weighted by molar-refractivity contribution is 6.05. The van der Waals surface area contributed by atoms with Gasteiger partial charge in [-0.2, -0.15) is 0 Å². The third-order valence-corrected chi connectivity index (χ3v) is 7.25. The number of ether oxygens (including phenoxy) is 1. The molecule has 1 heterocycles. The third-order valence-electron chi connectivity index (χ3n) is 7.25. The second-order valence-corrected chi connectivity index (χ2v) is 10.4. The minimum Gasteiger partial charge on any atom is -0.491 e. The third kappa shape index (κ3) is 6.78. The van der Waals surface area contributed by atoms with Gasteiger partial charge in [0, 0.05) is 29.6 Å². The minimum atomic E-state index is -0.863. The Morgan fingerprint density at radius 2 is 1.62 bits per heavy atom. The number of benzene rings is 4. The number of anilines is 1. The van der Waals surface area contributed by atoms with Crippen LogP contribution in [0, 0.1) is 6.92 Å². The van der Waals surface area contributed by atoms with Gasteiger partial charge in [0.05, 0.1) is 18.3 Å². The molecule has 6 heteroatoms. The average molecular weight is 559 g/mol. The van der Waals surface area contributed by atoms with Crippen LogP contribution in [0.5, 0.6) is 5.75 Å². The van der Waals surface area contributed by atoms with Gasteiger partial charge in [-0.3, -0.25) is 9.59 Å². The first-order chi connectivity index (χ1) is 20.4. The summed E-state index contributed by atoms with van der Waals surface area (Å²) >= 11 is 0. The predicted molar refractivity (Wildman–Crippen MR) is 168 cm³/mol. The summed E-state index contributed by atoms with van der Waals surface area (Å²) in [6.45, 7) is 4.27. The van der Waals surface area contributed by atoms with Crippen LogP contribution in [0.3, 0.4) is 0 Å². The van der Waals surface area contributed by atoms with Crippen molar-refractivity contribution in [3.63, 3.8) is 0 Å². The molecular weight excluding hydrogens is 524 g/mol. The summed E-state index contributed by atoms with van der Waals surface area (Å²) < 4.78 is 8.02. The van der Waals surface area contributed by atoms with Gasteiger partial charge in [-0.15, -0.1) is 0 Å². The molecule has 1 amide bonds. The molecular formula is C36H34N2O4. The van der Waals surface area contributed by atoms with Crippen molar-refractivity contribution in [1.82, 2.24) is 4.57 Å². The van der Waals surface area contributed by atoms with Crippen LogP contribution < -0.4 is 10.1 Å². The summed E-state index contributed by atoms with van der Waals surface area (Å²) in [5.74, 6) is -0.625. The standard InChI is InChI=1S/C36H34N2O4/c1-25-14-16-28(17-15-25)36(27-9-4-3-5-10-27)38-21-20-30-24-29(18-19-32(30)38)26(2)23-34(39)37-31-11-6-7-12-33(31)42-22-8-13-35(40)41/h3-7,9-12,14-21,23-24,36H,8,13,22H2,1-2H3,(H,37,39)(H,40,41)/b26-23+. The number of fused-ring (bicyclic) bond motifs is 1. The molecule has 0 bridgehead atoms. The van der Waals surface area contributed by atoms with E-state index < -0.39 is 5.97 Å². The maximum absolute atomic E-state index is 12.9. The van der Waals surface area contributed by atoms with Crippen molar-refractivity contribution in [2.45, 2.75) is 32.7 Å². The predicted octanol–water partition coefficient (Wildman–Crippen LogP) is 7.87. The average Bonchev–Trinajstić information content (AvgIpc) is 3.40. The van der Waals surface area contributed by atoms with Crippen molar-refractivity contribution < 1.29 is 19.4 Å². The Hall–Kier alpha value is -5.10. The number of carbonyl (C=O) groups excluding carboxylic acids is 1. The first kappa shape index (κ1) is 28.4. The zero-order valence-electron chi connectivity index (χ0n) is 23.8. The van der Waals surface area contributed by atoms with Gasteiger partial charge < -0.3 is 19.7 Å². The van der Waals surface area contributed by atoms with Crippen LogP contribution in [-0.2, 0) is 9.59 Å². The van der Waals surface area contributed by atoms with Gasteiger partial charge in [0.25, 0.3) is 0 Å². The van der Waals surface area contributed by atoms with Gasteiger partial charge in [0.2, 0.25) is 5.91 Å². The van der Waals surface area contributed by atoms with Crippen molar-refractivity contribution in [3.8, 4) is 5.75 Å². The number of carboxylic acids is 1. The highest BCUT2D eigenvalue weighted by Gasteiger charge is 2.18. The fourth-order valence-electron chi connectivity index (χ4n) is 5.08. The van der Waals surface area contributed by atoms with Crippen LogP contribution in [-0.4, -0.2) is 28.2 Å². The van der Waals surface area contributed by atoms with E-state index in [9.17, 15) is 9.59 Å². The number of hydrogen-bond acceptors (Lipinski definition) is 3. The summed E-state index contributed by atoms with van der Waals surface area (Å²) in [6.07, 6.45) is 4.13. The first-order valence-corrected chi connectivity index (χ1v) is 14.0. The maximum atomic E-state index is 12.9. The van der Waals surface area contributed by atoms with Gasteiger partial charge in [-0.25, -0.2) is 0 Å². The van der Waals surface area contributed by atoms with E-state index in [1.165, 1.54) is 16.7 Å². The Balaban J connectivity index is 1.36. The molecule has 2 N–H and O–H groups in total. The van der Waals surface area contributed by atoms with Gasteiger partial charge in [0.1, 0.15) is 5.75 Å². The van der Waals surface area contributed by atoms with E-state index >= 15 is 0 Å². The van der Waals surface area contributed by atoms with Crippen LogP contribution in [0.4, 0.5) is 5.69 Å². The molecule has 1 unspecified atom stereocenters. The number of nitrogens with one attached hydrogen (secondary N) is 1. The van der Waals surface area contributed by atoms with Gasteiger partial charge in [-0.1, -0.05) is 78.4 Å². The molecule has 5 rings (SSSR count). The van der Waals surface area contributed by atoms with Crippen molar-refractivity contribution in [2.24, 2.45) is 0 Å².